The van der Waals surface area contributed by atoms with E-state index in [1.165, 1.54) is 21.4 Å². The molecule has 0 radical (unpaired) electrons. The largest absolute Gasteiger partial charge is 0.394 e. The van der Waals surface area contributed by atoms with Crippen LogP contribution in [-0.2, 0) is 16.6 Å². The van der Waals surface area contributed by atoms with Crippen LogP contribution < -0.4 is 0 Å². The SMILES string of the molecule is C=CCN(CC)S(=O)(=O)c1cnn(CCO)c1. The van der Waals surface area contributed by atoms with Crippen molar-refractivity contribution in [3.05, 3.63) is 25.0 Å². The highest BCUT2D eigenvalue weighted by molar-refractivity contribution is 7.89. The van der Waals surface area contributed by atoms with Crippen molar-refractivity contribution in [2.75, 3.05) is 19.7 Å². The van der Waals surface area contributed by atoms with Gasteiger partial charge in [-0.3, -0.25) is 4.68 Å². The van der Waals surface area contributed by atoms with Crippen molar-refractivity contribution < 1.29 is 13.5 Å². The Morgan fingerprint density at radius 2 is 2.35 bits per heavy atom. The van der Waals surface area contributed by atoms with Gasteiger partial charge in [0.2, 0.25) is 10.0 Å². The molecule has 0 bridgehead atoms. The second kappa shape index (κ2) is 5.95. The first-order chi connectivity index (χ1) is 8.06. The van der Waals surface area contributed by atoms with Gasteiger partial charge < -0.3 is 5.11 Å². The first kappa shape index (κ1) is 13.9. The number of hydrogen-bond acceptors (Lipinski definition) is 4. The molecule has 6 nitrogen and oxygen atoms in total. The Bertz CT molecular complexity index is 467. The fourth-order valence-corrected chi connectivity index (χ4v) is 2.77. The van der Waals surface area contributed by atoms with E-state index in [1.807, 2.05) is 0 Å². The summed E-state index contributed by atoms with van der Waals surface area (Å²) in [6.45, 7) is 6.14. The molecule has 0 fully saturated rings. The highest BCUT2D eigenvalue weighted by Gasteiger charge is 2.23. The molecular weight excluding hydrogens is 242 g/mol. The van der Waals surface area contributed by atoms with Gasteiger partial charge in [0.15, 0.2) is 0 Å². The van der Waals surface area contributed by atoms with E-state index in [4.69, 9.17) is 5.11 Å². The van der Waals surface area contributed by atoms with Crippen LogP contribution in [0.4, 0.5) is 0 Å². The van der Waals surface area contributed by atoms with Crippen LogP contribution in [-0.4, -0.2) is 47.3 Å². The van der Waals surface area contributed by atoms with Crippen LogP contribution in [0.3, 0.4) is 0 Å². The molecule has 17 heavy (non-hydrogen) atoms. The van der Waals surface area contributed by atoms with Gasteiger partial charge in [0.05, 0.1) is 19.3 Å². The summed E-state index contributed by atoms with van der Waals surface area (Å²) in [6, 6.07) is 0. The van der Waals surface area contributed by atoms with Crippen molar-refractivity contribution in [1.82, 2.24) is 14.1 Å². The van der Waals surface area contributed by atoms with Crippen LogP contribution in [0, 0.1) is 0 Å². The Kier molecular flexibility index (Phi) is 4.86. The Balaban J connectivity index is 2.98. The van der Waals surface area contributed by atoms with E-state index in [0.29, 0.717) is 6.54 Å². The third-order valence-corrected chi connectivity index (χ3v) is 4.16. The number of aliphatic hydroxyl groups is 1. The molecule has 1 heterocycles. The van der Waals surface area contributed by atoms with E-state index in [-0.39, 0.29) is 24.6 Å². The van der Waals surface area contributed by atoms with Crippen LogP contribution in [0.2, 0.25) is 0 Å². The molecule has 7 heteroatoms. The van der Waals surface area contributed by atoms with E-state index >= 15 is 0 Å². The van der Waals surface area contributed by atoms with Crippen molar-refractivity contribution in [3.8, 4) is 0 Å². The summed E-state index contributed by atoms with van der Waals surface area (Å²) in [6.07, 6.45) is 4.24. The maximum atomic E-state index is 12.1. The molecule has 1 aromatic rings. The third-order valence-electron chi connectivity index (χ3n) is 2.26. The molecule has 0 aliphatic heterocycles. The van der Waals surface area contributed by atoms with Gasteiger partial charge in [-0.25, -0.2) is 8.42 Å². The lowest BCUT2D eigenvalue weighted by Gasteiger charge is -2.17. The Morgan fingerprint density at radius 1 is 1.65 bits per heavy atom. The van der Waals surface area contributed by atoms with E-state index < -0.39 is 10.0 Å². The number of hydrogen-bond donors (Lipinski definition) is 1. The molecule has 1 rings (SSSR count). The lowest BCUT2D eigenvalue weighted by Crippen LogP contribution is -2.30. The van der Waals surface area contributed by atoms with Crippen molar-refractivity contribution in [2.24, 2.45) is 0 Å². The smallest absolute Gasteiger partial charge is 0.246 e. The van der Waals surface area contributed by atoms with Crippen molar-refractivity contribution in [2.45, 2.75) is 18.4 Å². The van der Waals surface area contributed by atoms with Gasteiger partial charge in [-0.15, -0.1) is 6.58 Å². The molecule has 1 N–H and O–H groups in total. The molecule has 0 spiro atoms. The second-order valence-electron chi connectivity index (χ2n) is 3.41. The average Bonchev–Trinajstić information content (AvgIpc) is 2.75. The van der Waals surface area contributed by atoms with E-state index in [9.17, 15) is 8.42 Å². The van der Waals surface area contributed by atoms with Crippen LogP contribution in [0.25, 0.3) is 0 Å². The van der Waals surface area contributed by atoms with Gasteiger partial charge in [-0.1, -0.05) is 13.0 Å². The fourth-order valence-electron chi connectivity index (χ4n) is 1.39. The molecule has 96 valence electrons. The Labute approximate surface area is 101 Å². The lowest BCUT2D eigenvalue weighted by atomic mass is 10.6. The molecule has 0 unspecified atom stereocenters. The summed E-state index contributed by atoms with van der Waals surface area (Å²) < 4.78 is 27.0. The van der Waals surface area contributed by atoms with Crippen LogP contribution >= 0.6 is 0 Å². The highest BCUT2D eigenvalue weighted by atomic mass is 32.2. The first-order valence-electron chi connectivity index (χ1n) is 5.30. The minimum atomic E-state index is -3.51. The zero-order chi connectivity index (χ0) is 12.9. The number of sulfonamides is 1. The zero-order valence-corrected chi connectivity index (χ0v) is 10.6. The molecule has 0 amide bonds. The molecule has 0 saturated carbocycles. The minimum absolute atomic E-state index is 0.0781. The molecule has 0 atom stereocenters. The topological polar surface area (TPSA) is 75.4 Å². The van der Waals surface area contributed by atoms with Gasteiger partial charge in [-0.2, -0.15) is 9.40 Å². The molecule has 0 saturated heterocycles. The Morgan fingerprint density at radius 3 is 2.88 bits per heavy atom. The van der Waals surface area contributed by atoms with Gasteiger partial charge in [-0.05, 0) is 0 Å². The van der Waals surface area contributed by atoms with E-state index in [1.54, 1.807) is 13.0 Å². The number of aromatic nitrogens is 2. The predicted molar refractivity (Wildman–Crippen MR) is 63.9 cm³/mol. The molecule has 0 aliphatic rings. The quantitative estimate of drug-likeness (QED) is 0.703. The molecule has 0 aromatic carbocycles. The van der Waals surface area contributed by atoms with Gasteiger partial charge in [0.25, 0.3) is 0 Å². The van der Waals surface area contributed by atoms with Crippen molar-refractivity contribution >= 4 is 10.0 Å². The molecule has 0 aliphatic carbocycles. The predicted octanol–water partition coefficient (Wildman–Crippen LogP) is 0.0720. The van der Waals surface area contributed by atoms with Gasteiger partial charge >= 0.3 is 0 Å². The summed E-state index contributed by atoms with van der Waals surface area (Å²) in [5, 5.41) is 12.6. The maximum Gasteiger partial charge on any atom is 0.246 e. The van der Waals surface area contributed by atoms with Gasteiger partial charge in [0.1, 0.15) is 4.90 Å². The third kappa shape index (κ3) is 3.15. The Hall–Kier alpha value is -1.18. The summed E-state index contributed by atoms with van der Waals surface area (Å²) in [7, 11) is -3.51. The summed E-state index contributed by atoms with van der Waals surface area (Å²) in [4.78, 5) is 0.134. The number of likely N-dealkylation sites (N-methyl/N-ethyl adjacent to an activating group) is 1. The van der Waals surface area contributed by atoms with Crippen LogP contribution in [0.1, 0.15) is 6.92 Å². The van der Waals surface area contributed by atoms with Crippen molar-refractivity contribution in [1.29, 1.82) is 0 Å². The van der Waals surface area contributed by atoms with E-state index in [2.05, 4.69) is 11.7 Å². The van der Waals surface area contributed by atoms with Gasteiger partial charge in [0, 0.05) is 19.3 Å². The van der Waals surface area contributed by atoms with Crippen LogP contribution in [0.5, 0.6) is 0 Å². The summed E-state index contributed by atoms with van der Waals surface area (Å²) in [5.74, 6) is 0. The lowest BCUT2D eigenvalue weighted by molar-refractivity contribution is 0.269. The number of aliphatic hydroxyl groups excluding tert-OH is 1. The average molecular weight is 259 g/mol. The van der Waals surface area contributed by atoms with Crippen LogP contribution in [0.15, 0.2) is 29.9 Å². The molecule has 1 aromatic heterocycles. The standard InChI is InChI=1S/C10H17N3O3S/c1-3-5-13(4-2)17(15,16)10-8-11-12(9-10)6-7-14/h3,8-9,14H,1,4-7H2,2H3. The maximum absolute atomic E-state index is 12.1. The first-order valence-corrected chi connectivity index (χ1v) is 6.74. The summed E-state index contributed by atoms with van der Waals surface area (Å²) in [5.41, 5.74) is 0. The zero-order valence-electron chi connectivity index (χ0n) is 9.78. The second-order valence-corrected chi connectivity index (χ2v) is 5.35. The summed E-state index contributed by atoms with van der Waals surface area (Å²) >= 11 is 0. The number of nitrogens with zero attached hydrogens (tertiary/aromatic N) is 3. The monoisotopic (exact) mass is 259 g/mol. The highest BCUT2D eigenvalue weighted by Crippen LogP contribution is 2.14. The minimum Gasteiger partial charge on any atom is -0.394 e. The van der Waals surface area contributed by atoms with Crippen molar-refractivity contribution in [3.63, 3.8) is 0 Å². The fraction of sp³-hybridized carbons (Fsp3) is 0.500. The molecular formula is C10H17N3O3S. The normalized spacial score (nSPS) is 11.9. The number of rotatable bonds is 7. The van der Waals surface area contributed by atoms with E-state index in [0.717, 1.165) is 0 Å².